The molecule has 0 aromatic heterocycles. The van der Waals surface area contributed by atoms with E-state index < -0.39 is 0 Å². The lowest BCUT2D eigenvalue weighted by molar-refractivity contribution is 0.505. The van der Waals surface area contributed by atoms with Crippen molar-refractivity contribution in [2.75, 3.05) is 21.1 Å². The average Bonchev–Trinajstić information content (AvgIpc) is 2.39. The van der Waals surface area contributed by atoms with Crippen molar-refractivity contribution in [3.05, 3.63) is 0 Å². The zero-order chi connectivity index (χ0) is 15.5. The van der Waals surface area contributed by atoms with Crippen molar-refractivity contribution in [3.63, 3.8) is 0 Å². The molecule has 0 bridgehead atoms. The quantitative estimate of drug-likeness (QED) is 0.342. The first kappa shape index (κ1) is 22.2. The number of hydrogen-bond donors (Lipinski definition) is 0. The van der Waals surface area contributed by atoms with Crippen LogP contribution >= 0.6 is 0 Å². The maximum atomic E-state index is 2.29. The summed E-state index contributed by atoms with van der Waals surface area (Å²) >= 11 is 0. The highest BCUT2D eigenvalue weighted by Crippen LogP contribution is 2.12. The van der Waals surface area contributed by atoms with Gasteiger partial charge in [-0.1, -0.05) is 104 Å². The van der Waals surface area contributed by atoms with Gasteiger partial charge < -0.3 is 4.90 Å². The maximum Gasteiger partial charge on any atom is -0.0140 e. The number of nitrogens with zero attached hydrogens (tertiary/aromatic N) is 1. The smallest absolute Gasteiger partial charge is 0.0140 e. The highest BCUT2D eigenvalue weighted by Gasteiger charge is 1.92. The molecule has 0 saturated carbocycles. The van der Waals surface area contributed by atoms with Gasteiger partial charge in [0.2, 0.25) is 0 Å². The van der Waals surface area contributed by atoms with Gasteiger partial charge in [-0.25, -0.2) is 0 Å². The fourth-order valence-corrected chi connectivity index (χ4v) is 2.27. The van der Waals surface area contributed by atoms with E-state index in [4.69, 9.17) is 0 Å². The Bertz CT molecular complexity index is 126. The van der Waals surface area contributed by atoms with Gasteiger partial charge in [0.05, 0.1) is 0 Å². The van der Waals surface area contributed by atoms with Crippen LogP contribution in [0.3, 0.4) is 0 Å². The predicted octanol–water partition coefficient (Wildman–Crippen LogP) is 6.67. The largest absolute Gasteiger partial charge is 0.312 e. The van der Waals surface area contributed by atoms with E-state index in [1.165, 1.54) is 89.9 Å². The van der Waals surface area contributed by atoms with E-state index in [2.05, 4.69) is 13.8 Å². The molecule has 0 saturated heterocycles. The van der Waals surface area contributed by atoms with Gasteiger partial charge in [0.25, 0.3) is 0 Å². The zero-order valence-corrected chi connectivity index (χ0v) is 15.3. The van der Waals surface area contributed by atoms with Crippen molar-refractivity contribution in [1.82, 2.24) is 4.90 Å². The molecule has 0 aliphatic carbocycles. The van der Waals surface area contributed by atoms with Gasteiger partial charge in [0.1, 0.15) is 0 Å². The topological polar surface area (TPSA) is 3.24 Å². The van der Waals surface area contributed by atoms with Crippen LogP contribution in [0, 0.1) is 0 Å². The van der Waals surface area contributed by atoms with Crippen LogP contribution in [0.2, 0.25) is 0 Å². The molecule has 0 fully saturated rings. The van der Waals surface area contributed by atoms with Crippen molar-refractivity contribution < 1.29 is 0 Å². The molecule has 0 aromatic carbocycles. The van der Waals surface area contributed by atoms with Crippen LogP contribution in [-0.2, 0) is 0 Å². The first-order chi connectivity index (χ1) is 9.65. The molecule has 0 heterocycles. The fourth-order valence-electron chi connectivity index (χ4n) is 2.27. The molecule has 0 unspecified atom stereocenters. The first-order valence-corrected chi connectivity index (χ1v) is 9.26. The summed E-state index contributed by atoms with van der Waals surface area (Å²) in [5, 5.41) is 0. The summed E-state index contributed by atoms with van der Waals surface area (Å²) in [5.41, 5.74) is 0. The SMILES string of the molecule is CCCCCCCCCCCCCCCC.CN(C)C. The Morgan fingerprint density at radius 1 is 0.400 bits per heavy atom. The summed E-state index contributed by atoms with van der Waals surface area (Å²) in [7, 11) is 6.00. The summed E-state index contributed by atoms with van der Waals surface area (Å²) in [5.74, 6) is 0. The molecule has 0 radical (unpaired) electrons. The Balaban J connectivity index is 0. The highest BCUT2D eigenvalue weighted by molar-refractivity contribution is 4.48. The van der Waals surface area contributed by atoms with Crippen LogP contribution in [0.25, 0.3) is 0 Å². The first-order valence-electron chi connectivity index (χ1n) is 9.26. The zero-order valence-electron chi connectivity index (χ0n) is 15.3. The van der Waals surface area contributed by atoms with E-state index in [9.17, 15) is 0 Å². The summed E-state index contributed by atoms with van der Waals surface area (Å²) in [6.07, 6.45) is 20.4. The van der Waals surface area contributed by atoms with E-state index in [1.807, 2.05) is 26.0 Å². The number of unbranched alkanes of at least 4 members (excludes halogenated alkanes) is 13. The van der Waals surface area contributed by atoms with Crippen LogP contribution in [0.15, 0.2) is 0 Å². The Morgan fingerprint density at radius 2 is 0.550 bits per heavy atom. The van der Waals surface area contributed by atoms with Crippen molar-refractivity contribution in [1.29, 1.82) is 0 Å². The van der Waals surface area contributed by atoms with Gasteiger partial charge in [0.15, 0.2) is 0 Å². The molecule has 0 N–H and O–H groups in total. The van der Waals surface area contributed by atoms with Crippen molar-refractivity contribution in [2.24, 2.45) is 0 Å². The predicted molar refractivity (Wildman–Crippen MR) is 95.6 cm³/mol. The van der Waals surface area contributed by atoms with Crippen molar-refractivity contribution >= 4 is 0 Å². The fraction of sp³-hybridized carbons (Fsp3) is 1.00. The Kier molecular flexibility index (Phi) is 23.6. The summed E-state index contributed by atoms with van der Waals surface area (Å²) in [4.78, 5) is 2.00. The van der Waals surface area contributed by atoms with E-state index >= 15 is 0 Å². The van der Waals surface area contributed by atoms with Gasteiger partial charge >= 0.3 is 0 Å². The summed E-state index contributed by atoms with van der Waals surface area (Å²) in [6.45, 7) is 4.58. The van der Waals surface area contributed by atoms with Gasteiger partial charge in [-0.2, -0.15) is 0 Å². The van der Waals surface area contributed by atoms with Crippen LogP contribution in [0.4, 0.5) is 0 Å². The molecular weight excluding hydrogens is 242 g/mol. The molecule has 0 atom stereocenters. The molecule has 1 heteroatoms. The van der Waals surface area contributed by atoms with Crippen LogP contribution in [0.1, 0.15) is 104 Å². The number of rotatable bonds is 13. The Hall–Kier alpha value is -0.0400. The average molecular weight is 286 g/mol. The van der Waals surface area contributed by atoms with Gasteiger partial charge in [-0.05, 0) is 21.1 Å². The standard InChI is InChI=1S/C16H34.C3H9N/c1-3-5-7-9-11-13-15-16-14-12-10-8-6-4-2;1-4(2)3/h3-16H2,1-2H3;1-3H3. The van der Waals surface area contributed by atoms with E-state index in [1.54, 1.807) is 0 Å². The summed E-state index contributed by atoms with van der Waals surface area (Å²) < 4.78 is 0. The van der Waals surface area contributed by atoms with Gasteiger partial charge in [-0.3, -0.25) is 0 Å². The molecule has 1 nitrogen and oxygen atoms in total. The minimum Gasteiger partial charge on any atom is -0.312 e. The van der Waals surface area contributed by atoms with Crippen LogP contribution in [0.5, 0.6) is 0 Å². The molecule has 124 valence electrons. The molecule has 0 aliphatic heterocycles. The third kappa shape index (κ3) is 30.8. The lowest BCUT2D eigenvalue weighted by atomic mass is 10.0. The second-order valence-electron chi connectivity index (χ2n) is 6.58. The van der Waals surface area contributed by atoms with E-state index in [0.717, 1.165) is 0 Å². The normalized spacial score (nSPS) is 10.5. The van der Waals surface area contributed by atoms with Gasteiger partial charge in [-0.15, -0.1) is 0 Å². The van der Waals surface area contributed by atoms with Crippen LogP contribution < -0.4 is 0 Å². The van der Waals surface area contributed by atoms with Crippen molar-refractivity contribution in [3.8, 4) is 0 Å². The third-order valence-electron chi connectivity index (χ3n) is 3.46. The maximum absolute atomic E-state index is 2.29. The Labute approximate surface area is 130 Å². The molecule has 0 aromatic rings. The second-order valence-corrected chi connectivity index (χ2v) is 6.58. The van der Waals surface area contributed by atoms with Crippen molar-refractivity contribution in [2.45, 2.75) is 104 Å². The number of hydrogen-bond acceptors (Lipinski definition) is 1. The minimum atomic E-state index is 1.37. The second kappa shape index (κ2) is 21.3. The third-order valence-corrected chi connectivity index (χ3v) is 3.46. The molecule has 0 aliphatic rings. The van der Waals surface area contributed by atoms with E-state index in [0.29, 0.717) is 0 Å². The molecule has 0 amide bonds. The minimum absolute atomic E-state index is 1.37. The molecule has 0 spiro atoms. The molecule has 20 heavy (non-hydrogen) atoms. The molecular formula is C19H43N. The lowest BCUT2D eigenvalue weighted by Crippen LogP contribution is -1.99. The summed E-state index contributed by atoms with van der Waals surface area (Å²) in [6, 6.07) is 0. The van der Waals surface area contributed by atoms with Crippen LogP contribution in [-0.4, -0.2) is 26.0 Å². The Morgan fingerprint density at radius 3 is 0.700 bits per heavy atom. The van der Waals surface area contributed by atoms with E-state index in [-0.39, 0.29) is 0 Å². The highest BCUT2D eigenvalue weighted by atomic mass is 15.0. The van der Waals surface area contributed by atoms with Gasteiger partial charge in [0, 0.05) is 0 Å². The lowest BCUT2D eigenvalue weighted by Gasteiger charge is -2.02. The molecule has 0 rings (SSSR count). The monoisotopic (exact) mass is 285 g/mol.